The average molecular weight is 487 g/mol. The van der Waals surface area contributed by atoms with Crippen molar-refractivity contribution in [3.63, 3.8) is 0 Å². The monoisotopic (exact) mass is 486 g/mol. The normalized spacial score (nSPS) is 18.7. The Labute approximate surface area is 207 Å². The molecule has 4 heterocycles. The van der Waals surface area contributed by atoms with Gasteiger partial charge in [-0.1, -0.05) is 12.1 Å². The molecule has 35 heavy (non-hydrogen) atoms. The highest BCUT2D eigenvalue weighted by Crippen LogP contribution is 2.43. The zero-order valence-electron chi connectivity index (χ0n) is 19.5. The summed E-state index contributed by atoms with van der Waals surface area (Å²) < 4.78 is 7.11. The second kappa shape index (κ2) is 8.94. The van der Waals surface area contributed by atoms with E-state index in [1.54, 1.807) is 0 Å². The van der Waals surface area contributed by atoms with Crippen molar-refractivity contribution in [3.8, 4) is 17.0 Å². The van der Waals surface area contributed by atoms with Crippen LogP contribution in [0.25, 0.3) is 32.2 Å². The summed E-state index contributed by atoms with van der Waals surface area (Å²) in [7, 11) is 0. The van der Waals surface area contributed by atoms with Gasteiger partial charge in [-0.2, -0.15) is 0 Å². The fourth-order valence-electron chi connectivity index (χ4n) is 4.92. The molecule has 178 valence electrons. The molecule has 0 bridgehead atoms. The van der Waals surface area contributed by atoms with E-state index in [0.29, 0.717) is 23.8 Å². The number of hydrogen-bond acceptors (Lipinski definition) is 7. The summed E-state index contributed by atoms with van der Waals surface area (Å²) in [5.74, 6) is 0.593. The number of aromatic nitrogens is 1. The van der Waals surface area contributed by atoms with E-state index < -0.39 is 0 Å². The number of rotatable bonds is 4. The van der Waals surface area contributed by atoms with Gasteiger partial charge in [-0.3, -0.25) is 9.69 Å². The van der Waals surface area contributed by atoms with Gasteiger partial charge < -0.3 is 19.7 Å². The number of amides is 1. The minimum Gasteiger partial charge on any atom is -0.489 e. The summed E-state index contributed by atoms with van der Waals surface area (Å²) in [5, 5.41) is 4.95. The predicted octanol–water partition coefficient (Wildman–Crippen LogP) is 3.95. The first-order valence-electron chi connectivity index (χ1n) is 11.9. The molecule has 6 rings (SSSR count). The Morgan fingerprint density at radius 3 is 2.83 bits per heavy atom. The predicted molar refractivity (Wildman–Crippen MR) is 140 cm³/mol. The third-order valence-electron chi connectivity index (χ3n) is 6.75. The Kier molecular flexibility index (Phi) is 5.62. The summed E-state index contributed by atoms with van der Waals surface area (Å²) in [6.45, 7) is 6.47. The molecular weight excluding hydrogens is 460 g/mol. The molecular formula is C27H26N4O3S. The van der Waals surface area contributed by atoms with Gasteiger partial charge in [0.25, 0.3) is 5.91 Å². The number of benzene rings is 2. The van der Waals surface area contributed by atoms with Gasteiger partial charge in [-0.15, -0.1) is 11.3 Å². The maximum absolute atomic E-state index is 12.7. The van der Waals surface area contributed by atoms with Crippen LogP contribution in [0.1, 0.15) is 16.6 Å². The minimum atomic E-state index is -0.0762. The van der Waals surface area contributed by atoms with Crippen LogP contribution in [0.4, 0.5) is 5.69 Å². The van der Waals surface area contributed by atoms with E-state index in [1.165, 1.54) is 17.0 Å². The highest BCUT2D eigenvalue weighted by Gasteiger charge is 2.26. The van der Waals surface area contributed by atoms with Gasteiger partial charge in [-0.25, -0.2) is 4.98 Å². The summed E-state index contributed by atoms with van der Waals surface area (Å²) in [6.07, 6.45) is 0.976. The smallest absolute Gasteiger partial charge is 0.265 e. The largest absolute Gasteiger partial charge is 0.489 e. The van der Waals surface area contributed by atoms with E-state index in [0.717, 1.165) is 64.7 Å². The number of thiophene rings is 1. The summed E-state index contributed by atoms with van der Waals surface area (Å²) in [6, 6.07) is 16.6. The van der Waals surface area contributed by atoms with Crippen LogP contribution in [-0.4, -0.2) is 67.4 Å². The molecule has 7 nitrogen and oxygen atoms in total. The van der Waals surface area contributed by atoms with Gasteiger partial charge in [0.05, 0.1) is 23.8 Å². The van der Waals surface area contributed by atoms with Gasteiger partial charge in [-0.05, 0) is 43.3 Å². The number of carbonyl (C=O) groups excluding carboxylic acids is 2. The topological polar surface area (TPSA) is 74.8 Å². The lowest BCUT2D eigenvalue weighted by Gasteiger charge is -2.35. The summed E-state index contributed by atoms with van der Waals surface area (Å²) in [4.78, 5) is 33.6. The lowest BCUT2D eigenvalue weighted by atomic mass is 10.1. The van der Waals surface area contributed by atoms with Gasteiger partial charge in [0, 0.05) is 52.9 Å². The molecule has 1 atom stereocenters. The van der Waals surface area contributed by atoms with E-state index in [4.69, 9.17) is 9.72 Å². The van der Waals surface area contributed by atoms with Crippen LogP contribution in [-0.2, 0) is 4.79 Å². The Bertz CT molecular complexity index is 1440. The summed E-state index contributed by atoms with van der Waals surface area (Å²) >= 11 is 1.47. The van der Waals surface area contributed by atoms with Gasteiger partial charge >= 0.3 is 0 Å². The maximum atomic E-state index is 12.7. The molecule has 1 N–H and O–H groups in total. The number of carbonyl (C=O) groups is 2. The second-order valence-electron chi connectivity index (χ2n) is 9.15. The molecule has 0 saturated carbocycles. The number of hydrogen-bond donors (Lipinski definition) is 1. The number of fused-ring (bicyclic) bond motifs is 5. The molecule has 2 aliphatic heterocycles. The summed E-state index contributed by atoms with van der Waals surface area (Å²) in [5.41, 5.74) is 4.02. The Hall–Kier alpha value is -3.49. The molecule has 0 spiro atoms. The quantitative estimate of drug-likeness (QED) is 0.441. The van der Waals surface area contributed by atoms with E-state index in [9.17, 15) is 9.59 Å². The van der Waals surface area contributed by atoms with Gasteiger partial charge in [0.2, 0.25) is 0 Å². The van der Waals surface area contributed by atoms with Crippen molar-refractivity contribution < 1.29 is 14.3 Å². The Balaban J connectivity index is 1.34. The Morgan fingerprint density at radius 2 is 2.00 bits per heavy atom. The number of pyridine rings is 1. The molecule has 4 aromatic rings. The number of nitrogens with zero attached hydrogens (tertiary/aromatic N) is 3. The van der Waals surface area contributed by atoms with Crippen LogP contribution in [0, 0.1) is 0 Å². The first kappa shape index (κ1) is 22.0. The van der Waals surface area contributed by atoms with Crippen LogP contribution in [0.5, 0.6) is 5.75 Å². The first-order chi connectivity index (χ1) is 17.1. The van der Waals surface area contributed by atoms with Crippen molar-refractivity contribution in [1.29, 1.82) is 0 Å². The molecule has 1 amide bonds. The zero-order chi connectivity index (χ0) is 23.9. The van der Waals surface area contributed by atoms with Gasteiger partial charge in [0.15, 0.2) is 5.75 Å². The highest BCUT2D eigenvalue weighted by atomic mass is 32.1. The molecule has 0 unspecified atom stereocenters. The van der Waals surface area contributed by atoms with Crippen molar-refractivity contribution in [2.45, 2.75) is 13.0 Å². The van der Waals surface area contributed by atoms with E-state index in [1.807, 2.05) is 25.1 Å². The van der Waals surface area contributed by atoms with Crippen LogP contribution < -0.4 is 15.0 Å². The molecule has 2 aliphatic rings. The van der Waals surface area contributed by atoms with Crippen LogP contribution in [0.3, 0.4) is 0 Å². The minimum absolute atomic E-state index is 0.0304. The molecule has 0 aliphatic carbocycles. The fraction of sp³-hybridized carbons (Fsp3) is 0.296. The molecule has 1 fully saturated rings. The van der Waals surface area contributed by atoms with Crippen molar-refractivity contribution in [3.05, 3.63) is 53.4 Å². The molecule has 1 saturated heterocycles. The molecule has 2 aromatic heterocycles. The second-order valence-corrected chi connectivity index (χ2v) is 10.2. The first-order valence-corrected chi connectivity index (χ1v) is 12.7. The SMILES string of the molecule is C[C@@H]1COc2c(sc3ccc4nc(-c5cccc(N6CCN(CC=O)CC6)c5)ccc4c23)C(=O)N1. The fourth-order valence-corrected chi connectivity index (χ4v) is 5.98. The molecule has 8 heteroatoms. The Morgan fingerprint density at radius 1 is 1.14 bits per heavy atom. The average Bonchev–Trinajstić information content (AvgIpc) is 3.20. The highest BCUT2D eigenvalue weighted by molar-refractivity contribution is 7.21. The van der Waals surface area contributed by atoms with Crippen molar-refractivity contribution in [2.24, 2.45) is 0 Å². The van der Waals surface area contributed by atoms with Crippen LogP contribution >= 0.6 is 11.3 Å². The van der Waals surface area contributed by atoms with Crippen molar-refractivity contribution >= 4 is 50.2 Å². The van der Waals surface area contributed by atoms with E-state index in [2.05, 4.69) is 45.4 Å². The lowest BCUT2D eigenvalue weighted by molar-refractivity contribution is -0.108. The molecule has 0 radical (unpaired) electrons. The van der Waals surface area contributed by atoms with Crippen molar-refractivity contribution in [1.82, 2.24) is 15.2 Å². The maximum Gasteiger partial charge on any atom is 0.265 e. The number of anilines is 1. The van der Waals surface area contributed by atoms with Crippen LogP contribution in [0.2, 0.25) is 0 Å². The number of piperazine rings is 1. The number of aldehydes is 1. The lowest BCUT2D eigenvalue weighted by Crippen LogP contribution is -2.46. The standard InChI is InChI=1S/C27H26N4O3S/c1-17-16-34-25-24-20-5-6-21(29-22(20)7-8-23(24)35-26(25)27(33)28-17)18-3-2-4-19(15-18)31-11-9-30(10-12-31)13-14-32/h2-8,14-15,17H,9-13,16H2,1H3,(H,28,33)/t17-/m1/s1. The van der Waals surface area contributed by atoms with Gasteiger partial charge in [0.1, 0.15) is 17.8 Å². The number of nitrogens with one attached hydrogen (secondary N) is 1. The van der Waals surface area contributed by atoms with E-state index >= 15 is 0 Å². The number of ether oxygens (including phenoxy) is 1. The third kappa shape index (κ3) is 4.02. The molecule has 2 aromatic carbocycles. The third-order valence-corrected chi connectivity index (χ3v) is 7.89. The van der Waals surface area contributed by atoms with Crippen molar-refractivity contribution in [2.75, 3.05) is 44.2 Å². The van der Waals surface area contributed by atoms with E-state index in [-0.39, 0.29) is 11.9 Å². The zero-order valence-corrected chi connectivity index (χ0v) is 20.3. The van der Waals surface area contributed by atoms with Crippen LogP contribution in [0.15, 0.2) is 48.5 Å².